The summed E-state index contributed by atoms with van der Waals surface area (Å²) in [5.74, 6) is -1.72. The molecule has 0 unspecified atom stereocenters. The maximum absolute atomic E-state index is 12.3. The van der Waals surface area contributed by atoms with Crippen LogP contribution >= 0.6 is 11.8 Å². The molecule has 2 rings (SSSR count). The van der Waals surface area contributed by atoms with E-state index in [4.69, 9.17) is 9.47 Å². The molecule has 0 aliphatic carbocycles. The van der Waals surface area contributed by atoms with Crippen LogP contribution in [-0.2, 0) is 4.79 Å². The number of amides is 1. The quantitative estimate of drug-likeness (QED) is 0.572. The van der Waals surface area contributed by atoms with Crippen molar-refractivity contribution in [2.75, 3.05) is 19.5 Å². The highest BCUT2D eigenvalue weighted by Gasteiger charge is 2.08. The Kier molecular flexibility index (Phi) is 6.82. The monoisotopic (exact) mass is 365 g/mol. The van der Waals surface area contributed by atoms with E-state index in [-0.39, 0.29) is 5.91 Å². The number of alkyl halides is 2. The molecule has 1 N–H and O–H groups in total. The lowest BCUT2D eigenvalue weighted by Gasteiger charge is -2.09. The molecule has 7 heteroatoms. The summed E-state index contributed by atoms with van der Waals surface area (Å²) < 4.78 is 35.0. The number of rotatable bonds is 7. The number of hydrogen-bond donors (Lipinski definition) is 1. The molecule has 0 bridgehead atoms. The lowest BCUT2D eigenvalue weighted by atomic mass is 10.1. The normalized spacial score (nSPS) is 10.9. The summed E-state index contributed by atoms with van der Waals surface area (Å²) in [6.07, 6.45) is 2.97. The molecular formula is C18H17F2NO3S. The molecule has 0 heterocycles. The van der Waals surface area contributed by atoms with Crippen LogP contribution in [0.5, 0.6) is 11.5 Å². The summed E-state index contributed by atoms with van der Waals surface area (Å²) in [7, 11) is 3.06. The molecule has 0 fully saturated rings. The topological polar surface area (TPSA) is 47.6 Å². The van der Waals surface area contributed by atoms with Crippen molar-refractivity contribution in [3.8, 4) is 11.5 Å². The minimum absolute atomic E-state index is 0.348. The first-order chi connectivity index (χ1) is 12.0. The van der Waals surface area contributed by atoms with E-state index in [1.807, 2.05) is 0 Å². The van der Waals surface area contributed by atoms with Crippen LogP contribution < -0.4 is 14.8 Å². The smallest absolute Gasteiger partial charge is 0.288 e. The number of carbonyl (C=O) groups is 1. The van der Waals surface area contributed by atoms with Crippen LogP contribution in [-0.4, -0.2) is 25.9 Å². The standard InChI is InChI=1S/C18H17F2NO3S/c1-23-15-5-3-4-12(17(15)24-2)6-11-16(22)21-13-7-9-14(10-8-13)25-18(19)20/h3-11,18H,1-2H3,(H,21,22)/b11-6+. The number of ether oxygens (including phenoxy) is 2. The van der Waals surface area contributed by atoms with Gasteiger partial charge in [0, 0.05) is 22.2 Å². The third-order valence-electron chi connectivity index (χ3n) is 3.19. The predicted molar refractivity (Wildman–Crippen MR) is 95.5 cm³/mol. The van der Waals surface area contributed by atoms with Gasteiger partial charge in [-0.25, -0.2) is 0 Å². The molecule has 0 radical (unpaired) electrons. The van der Waals surface area contributed by atoms with Gasteiger partial charge in [-0.15, -0.1) is 0 Å². The van der Waals surface area contributed by atoms with Crippen LogP contribution in [0.2, 0.25) is 0 Å². The molecule has 2 aromatic carbocycles. The summed E-state index contributed by atoms with van der Waals surface area (Å²) in [5.41, 5.74) is 1.21. The van der Waals surface area contributed by atoms with Crippen LogP contribution in [0.15, 0.2) is 53.4 Å². The number of para-hydroxylation sites is 1. The zero-order chi connectivity index (χ0) is 18.2. The van der Waals surface area contributed by atoms with Crippen molar-refractivity contribution < 1.29 is 23.0 Å². The number of methoxy groups -OCH3 is 2. The fourth-order valence-electron chi connectivity index (χ4n) is 2.11. The SMILES string of the molecule is COc1cccc(/C=C/C(=O)Nc2ccc(SC(F)F)cc2)c1OC. The minimum Gasteiger partial charge on any atom is -0.493 e. The van der Waals surface area contributed by atoms with Crippen molar-refractivity contribution in [1.29, 1.82) is 0 Å². The summed E-state index contributed by atoms with van der Waals surface area (Å²) in [6.45, 7) is 0. The summed E-state index contributed by atoms with van der Waals surface area (Å²) >= 11 is 0.455. The molecule has 0 aromatic heterocycles. The summed E-state index contributed by atoms with van der Waals surface area (Å²) in [4.78, 5) is 12.4. The van der Waals surface area contributed by atoms with Gasteiger partial charge in [0.2, 0.25) is 5.91 Å². The fourth-order valence-corrected chi connectivity index (χ4v) is 2.61. The third-order valence-corrected chi connectivity index (χ3v) is 3.92. The van der Waals surface area contributed by atoms with Gasteiger partial charge in [0.05, 0.1) is 14.2 Å². The number of thioether (sulfide) groups is 1. The predicted octanol–water partition coefficient (Wildman–Crippen LogP) is 4.67. The average Bonchev–Trinajstić information content (AvgIpc) is 2.60. The number of benzene rings is 2. The highest BCUT2D eigenvalue weighted by Crippen LogP contribution is 2.31. The fraction of sp³-hybridized carbons (Fsp3) is 0.167. The summed E-state index contributed by atoms with van der Waals surface area (Å²) in [5, 5.41) is 2.66. The number of hydrogen-bond acceptors (Lipinski definition) is 4. The summed E-state index contributed by atoms with van der Waals surface area (Å²) in [6, 6.07) is 11.5. The number of anilines is 1. The minimum atomic E-state index is -2.47. The Morgan fingerprint density at radius 1 is 1.12 bits per heavy atom. The molecule has 0 aliphatic heterocycles. The third kappa shape index (κ3) is 5.49. The number of carbonyl (C=O) groups excluding carboxylic acids is 1. The van der Waals surface area contributed by atoms with Gasteiger partial charge in [0.15, 0.2) is 11.5 Å². The number of nitrogens with one attached hydrogen (secondary N) is 1. The maximum Gasteiger partial charge on any atom is 0.288 e. The Bertz CT molecular complexity index is 748. The van der Waals surface area contributed by atoms with Crippen LogP contribution in [0.3, 0.4) is 0 Å². The van der Waals surface area contributed by atoms with Gasteiger partial charge in [-0.3, -0.25) is 4.79 Å². The lowest BCUT2D eigenvalue weighted by Crippen LogP contribution is -2.07. The molecule has 25 heavy (non-hydrogen) atoms. The second kappa shape index (κ2) is 9.08. The molecule has 2 aromatic rings. The van der Waals surface area contributed by atoms with E-state index in [0.29, 0.717) is 39.4 Å². The van der Waals surface area contributed by atoms with Crippen molar-refractivity contribution in [2.45, 2.75) is 10.7 Å². The van der Waals surface area contributed by atoms with Gasteiger partial charge in [-0.1, -0.05) is 23.9 Å². The van der Waals surface area contributed by atoms with E-state index in [9.17, 15) is 13.6 Å². The largest absolute Gasteiger partial charge is 0.493 e. The van der Waals surface area contributed by atoms with Crippen molar-refractivity contribution in [2.24, 2.45) is 0 Å². The first-order valence-corrected chi connectivity index (χ1v) is 8.16. The second-order valence-corrected chi connectivity index (χ2v) is 5.87. The van der Waals surface area contributed by atoms with Crippen LogP contribution in [0.25, 0.3) is 6.08 Å². The van der Waals surface area contributed by atoms with E-state index in [2.05, 4.69) is 5.32 Å². The second-order valence-electron chi connectivity index (χ2n) is 4.81. The Balaban J connectivity index is 2.04. The highest BCUT2D eigenvalue weighted by molar-refractivity contribution is 7.99. The average molecular weight is 365 g/mol. The molecule has 1 amide bonds. The first-order valence-electron chi connectivity index (χ1n) is 7.28. The van der Waals surface area contributed by atoms with Gasteiger partial charge >= 0.3 is 0 Å². The maximum atomic E-state index is 12.3. The molecule has 4 nitrogen and oxygen atoms in total. The van der Waals surface area contributed by atoms with E-state index in [1.165, 1.54) is 32.4 Å². The van der Waals surface area contributed by atoms with E-state index >= 15 is 0 Å². The van der Waals surface area contributed by atoms with Gasteiger partial charge in [0.25, 0.3) is 5.76 Å². The Hall–Kier alpha value is -2.54. The Morgan fingerprint density at radius 3 is 2.44 bits per heavy atom. The Labute approximate surface area is 148 Å². The van der Waals surface area contributed by atoms with Gasteiger partial charge in [-0.2, -0.15) is 8.78 Å². The zero-order valence-electron chi connectivity index (χ0n) is 13.7. The van der Waals surface area contributed by atoms with Crippen molar-refractivity contribution in [3.05, 3.63) is 54.1 Å². The molecule has 0 saturated carbocycles. The first kappa shape index (κ1) is 18.8. The Morgan fingerprint density at radius 2 is 1.84 bits per heavy atom. The zero-order valence-corrected chi connectivity index (χ0v) is 14.5. The van der Waals surface area contributed by atoms with Gasteiger partial charge < -0.3 is 14.8 Å². The molecule has 0 aliphatic rings. The van der Waals surface area contributed by atoms with Crippen molar-refractivity contribution in [1.82, 2.24) is 0 Å². The van der Waals surface area contributed by atoms with Crippen molar-refractivity contribution >= 4 is 29.4 Å². The van der Waals surface area contributed by atoms with Crippen molar-refractivity contribution in [3.63, 3.8) is 0 Å². The molecule has 132 valence electrons. The molecule has 0 spiro atoms. The van der Waals surface area contributed by atoms with Gasteiger partial charge in [0.1, 0.15) is 0 Å². The van der Waals surface area contributed by atoms with E-state index in [0.717, 1.165) is 0 Å². The van der Waals surface area contributed by atoms with E-state index in [1.54, 1.807) is 36.4 Å². The lowest BCUT2D eigenvalue weighted by molar-refractivity contribution is -0.111. The van der Waals surface area contributed by atoms with E-state index < -0.39 is 5.76 Å². The van der Waals surface area contributed by atoms with Crippen LogP contribution in [0, 0.1) is 0 Å². The highest BCUT2D eigenvalue weighted by atomic mass is 32.2. The van der Waals surface area contributed by atoms with Crippen LogP contribution in [0.1, 0.15) is 5.56 Å². The molecular weight excluding hydrogens is 348 g/mol. The molecule has 0 saturated heterocycles. The van der Waals surface area contributed by atoms with Crippen LogP contribution in [0.4, 0.5) is 14.5 Å². The molecule has 0 atom stereocenters. The van der Waals surface area contributed by atoms with Gasteiger partial charge in [-0.05, 0) is 36.4 Å². The number of halogens is 2.